The molecule has 1 unspecified atom stereocenters. The van der Waals surface area contributed by atoms with Crippen molar-refractivity contribution in [2.45, 2.75) is 41.7 Å². The molecule has 120 valence electrons. The van der Waals surface area contributed by atoms with Gasteiger partial charge in [0.1, 0.15) is 0 Å². The van der Waals surface area contributed by atoms with Crippen LogP contribution in [0.15, 0.2) is 29.2 Å². The molecular weight excluding hydrogens is 313 g/mol. The van der Waals surface area contributed by atoms with E-state index in [1.54, 1.807) is 0 Å². The average Bonchev–Trinajstić information content (AvgIpc) is 3.19. The molecule has 7 heteroatoms. The number of nitrogens with zero attached hydrogens (tertiary/aromatic N) is 1. The smallest absolute Gasteiger partial charge is 0.348 e. The molecule has 22 heavy (non-hydrogen) atoms. The molecule has 0 spiro atoms. The van der Waals surface area contributed by atoms with E-state index in [0.717, 1.165) is 19.5 Å². The van der Waals surface area contributed by atoms with Crippen LogP contribution in [0.4, 0.5) is 13.2 Å². The molecule has 3 nitrogen and oxygen atoms in total. The molecule has 2 fully saturated rings. The van der Waals surface area contributed by atoms with Crippen molar-refractivity contribution in [2.75, 3.05) is 13.1 Å². The summed E-state index contributed by atoms with van der Waals surface area (Å²) in [6.45, 7) is 1.88. The summed E-state index contributed by atoms with van der Waals surface area (Å²) >= 11 is -0.174. The second-order valence-corrected chi connectivity index (χ2v) is 6.90. The van der Waals surface area contributed by atoms with E-state index in [-0.39, 0.29) is 28.6 Å². The summed E-state index contributed by atoms with van der Waals surface area (Å²) in [5.74, 6) is -0.216. The van der Waals surface area contributed by atoms with Crippen LogP contribution in [-0.4, -0.2) is 41.5 Å². The summed E-state index contributed by atoms with van der Waals surface area (Å²) < 4.78 is 36.8. The summed E-state index contributed by atoms with van der Waals surface area (Å²) in [7, 11) is 0. The predicted molar refractivity (Wildman–Crippen MR) is 78.8 cm³/mol. The summed E-state index contributed by atoms with van der Waals surface area (Å²) in [5.41, 5.74) is -3.91. The van der Waals surface area contributed by atoms with E-state index < -0.39 is 5.51 Å². The fraction of sp³-hybridized carbons (Fsp3) is 0.533. The van der Waals surface area contributed by atoms with Gasteiger partial charge in [-0.2, -0.15) is 13.2 Å². The van der Waals surface area contributed by atoms with Gasteiger partial charge in [-0.3, -0.25) is 9.69 Å². The van der Waals surface area contributed by atoms with Gasteiger partial charge in [0.05, 0.1) is 0 Å². The van der Waals surface area contributed by atoms with Crippen molar-refractivity contribution < 1.29 is 18.0 Å². The van der Waals surface area contributed by atoms with Crippen LogP contribution in [0.1, 0.15) is 29.6 Å². The van der Waals surface area contributed by atoms with Crippen molar-refractivity contribution in [3.8, 4) is 0 Å². The Kier molecular flexibility index (Phi) is 4.36. The Morgan fingerprint density at radius 2 is 1.86 bits per heavy atom. The second-order valence-electron chi connectivity index (χ2n) is 5.76. The minimum atomic E-state index is -4.31. The van der Waals surface area contributed by atoms with Gasteiger partial charge in [-0.25, -0.2) is 0 Å². The number of carbonyl (C=O) groups is 1. The van der Waals surface area contributed by atoms with E-state index in [9.17, 15) is 18.0 Å². The topological polar surface area (TPSA) is 32.3 Å². The molecule has 0 radical (unpaired) electrons. The number of halogens is 3. The Labute approximate surface area is 131 Å². The minimum absolute atomic E-state index is 0.0878. The average molecular weight is 330 g/mol. The first-order valence-corrected chi connectivity index (χ1v) is 8.13. The van der Waals surface area contributed by atoms with Crippen molar-refractivity contribution in [1.82, 2.24) is 10.2 Å². The van der Waals surface area contributed by atoms with Crippen LogP contribution in [0.25, 0.3) is 0 Å². The second kappa shape index (κ2) is 6.12. The molecule has 1 amide bonds. The minimum Gasteiger partial charge on any atom is -0.348 e. The maximum Gasteiger partial charge on any atom is 0.446 e. The largest absolute Gasteiger partial charge is 0.446 e. The Bertz CT molecular complexity index is 543. The first-order chi connectivity index (χ1) is 10.4. The Balaban J connectivity index is 1.53. The van der Waals surface area contributed by atoms with E-state index in [2.05, 4.69) is 10.2 Å². The fourth-order valence-electron chi connectivity index (χ4n) is 2.75. The van der Waals surface area contributed by atoms with Crippen LogP contribution in [0.2, 0.25) is 0 Å². The molecule has 1 aliphatic carbocycles. The van der Waals surface area contributed by atoms with Crippen LogP contribution in [0, 0.1) is 0 Å². The fourth-order valence-corrected chi connectivity index (χ4v) is 3.29. The molecule has 1 aromatic carbocycles. The molecule has 1 N–H and O–H groups in total. The van der Waals surface area contributed by atoms with Gasteiger partial charge in [0, 0.05) is 35.6 Å². The van der Waals surface area contributed by atoms with Gasteiger partial charge in [-0.15, -0.1) is 0 Å². The van der Waals surface area contributed by atoms with E-state index in [1.165, 1.54) is 37.1 Å². The molecule has 1 saturated carbocycles. The molecule has 3 rings (SSSR count). The lowest BCUT2D eigenvalue weighted by Gasteiger charge is -2.16. The summed E-state index contributed by atoms with van der Waals surface area (Å²) in [4.78, 5) is 14.6. The van der Waals surface area contributed by atoms with Gasteiger partial charge < -0.3 is 5.32 Å². The van der Waals surface area contributed by atoms with E-state index in [0.29, 0.717) is 11.6 Å². The highest BCUT2D eigenvalue weighted by molar-refractivity contribution is 8.00. The van der Waals surface area contributed by atoms with Crippen LogP contribution < -0.4 is 5.32 Å². The molecule has 1 saturated heterocycles. The number of alkyl halides is 3. The molecule has 2 aliphatic rings. The molecule has 1 heterocycles. The van der Waals surface area contributed by atoms with Gasteiger partial charge in [-0.1, -0.05) is 0 Å². The highest BCUT2D eigenvalue weighted by atomic mass is 32.2. The number of hydrogen-bond donors (Lipinski definition) is 1. The molecule has 0 bridgehead atoms. The number of rotatable bonds is 4. The highest BCUT2D eigenvalue weighted by Crippen LogP contribution is 2.36. The summed E-state index contributed by atoms with van der Waals surface area (Å²) in [5, 5.41) is 2.97. The van der Waals surface area contributed by atoms with Gasteiger partial charge in [0.25, 0.3) is 5.91 Å². The lowest BCUT2D eigenvalue weighted by molar-refractivity contribution is -0.0328. The number of hydrogen-bond acceptors (Lipinski definition) is 3. The third-order valence-corrected chi connectivity index (χ3v) is 4.71. The van der Waals surface area contributed by atoms with Crippen molar-refractivity contribution >= 4 is 17.7 Å². The molecule has 0 aromatic heterocycles. The first kappa shape index (κ1) is 15.7. The van der Waals surface area contributed by atoms with E-state index in [1.807, 2.05) is 0 Å². The first-order valence-electron chi connectivity index (χ1n) is 7.31. The highest BCUT2D eigenvalue weighted by Gasteiger charge is 2.35. The Morgan fingerprint density at radius 3 is 2.45 bits per heavy atom. The predicted octanol–water partition coefficient (Wildman–Crippen LogP) is 3.27. The van der Waals surface area contributed by atoms with Crippen molar-refractivity contribution in [1.29, 1.82) is 0 Å². The van der Waals surface area contributed by atoms with Crippen LogP contribution in [-0.2, 0) is 0 Å². The van der Waals surface area contributed by atoms with Gasteiger partial charge >= 0.3 is 5.51 Å². The number of nitrogens with one attached hydrogen (secondary N) is 1. The maximum atomic E-state index is 12.3. The van der Waals surface area contributed by atoms with Gasteiger partial charge in [0.15, 0.2) is 0 Å². The third-order valence-electron chi connectivity index (χ3n) is 3.97. The SMILES string of the molecule is O=C(NC1CCN(C2CC2)C1)c1ccc(SC(F)(F)F)cc1. The quantitative estimate of drug-likeness (QED) is 0.860. The van der Waals surface area contributed by atoms with Crippen molar-refractivity contribution in [2.24, 2.45) is 0 Å². The standard InChI is InChI=1S/C15H17F3N2OS/c16-15(17,18)22-13-5-1-10(2-6-13)14(21)19-11-7-8-20(9-11)12-3-4-12/h1-2,5-6,11-12H,3-4,7-9H2,(H,19,21). The van der Waals surface area contributed by atoms with Crippen molar-refractivity contribution in [3.05, 3.63) is 29.8 Å². The molecule has 1 aliphatic heterocycles. The molecule has 1 atom stereocenters. The number of amides is 1. The van der Waals surface area contributed by atoms with Crippen LogP contribution >= 0.6 is 11.8 Å². The zero-order valence-corrected chi connectivity index (χ0v) is 12.7. The summed E-state index contributed by atoms with van der Waals surface area (Å²) in [6.07, 6.45) is 3.43. The Hall–Kier alpha value is -1.21. The number of benzene rings is 1. The zero-order chi connectivity index (χ0) is 15.7. The molecular formula is C15H17F3N2OS. The van der Waals surface area contributed by atoms with Crippen molar-refractivity contribution in [3.63, 3.8) is 0 Å². The number of likely N-dealkylation sites (tertiary alicyclic amines) is 1. The lowest BCUT2D eigenvalue weighted by Crippen LogP contribution is -2.37. The third kappa shape index (κ3) is 4.16. The molecule has 1 aromatic rings. The maximum absolute atomic E-state index is 12.3. The number of carbonyl (C=O) groups excluding carboxylic acids is 1. The Morgan fingerprint density at radius 1 is 1.18 bits per heavy atom. The van der Waals surface area contributed by atoms with Gasteiger partial charge in [0.2, 0.25) is 0 Å². The van der Waals surface area contributed by atoms with E-state index in [4.69, 9.17) is 0 Å². The number of thioether (sulfide) groups is 1. The normalized spacial score (nSPS) is 22.8. The summed E-state index contributed by atoms with van der Waals surface area (Å²) in [6, 6.07) is 6.38. The van der Waals surface area contributed by atoms with E-state index >= 15 is 0 Å². The van der Waals surface area contributed by atoms with Crippen LogP contribution in [0.3, 0.4) is 0 Å². The zero-order valence-electron chi connectivity index (χ0n) is 11.9. The lowest BCUT2D eigenvalue weighted by atomic mass is 10.2. The monoisotopic (exact) mass is 330 g/mol. The van der Waals surface area contributed by atoms with Crippen LogP contribution in [0.5, 0.6) is 0 Å². The van der Waals surface area contributed by atoms with Gasteiger partial charge in [-0.05, 0) is 55.3 Å².